The van der Waals surface area contributed by atoms with Crippen molar-refractivity contribution in [2.75, 3.05) is 26.7 Å². The van der Waals surface area contributed by atoms with Gasteiger partial charge in [-0.25, -0.2) is 4.99 Å². The number of rotatable bonds is 8. The van der Waals surface area contributed by atoms with E-state index in [-0.39, 0.29) is 18.0 Å². The van der Waals surface area contributed by atoms with Crippen LogP contribution in [-0.4, -0.2) is 49.6 Å². The lowest BCUT2D eigenvalue weighted by atomic mass is 10.2. The molecule has 134 valence electrons. The van der Waals surface area contributed by atoms with E-state index in [2.05, 4.69) is 29.1 Å². The summed E-state index contributed by atoms with van der Waals surface area (Å²) in [6.45, 7) is 9.53. The predicted molar refractivity (Wildman–Crippen MR) is 99.8 cm³/mol. The largest absolute Gasteiger partial charge is 0.468 e. The van der Waals surface area contributed by atoms with Crippen LogP contribution in [-0.2, 0) is 4.74 Å². The highest BCUT2D eigenvalue weighted by Gasteiger charge is 2.13. The number of hydrogen-bond donors (Lipinski definition) is 1. The molecular formula is C18H28ClN3O2. The first-order chi connectivity index (χ1) is 11.5. The monoisotopic (exact) mass is 353 g/mol. The Balaban J connectivity index is 2.56. The van der Waals surface area contributed by atoms with Crippen molar-refractivity contribution in [2.24, 2.45) is 4.99 Å². The molecule has 0 radical (unpaired) electrons. The molecule has 0 spiro atoms. The van der Waals surface area contributed by atoms with Crippen LogP contribution in [0.1, 0.15) is 44.0 Å². The summed E-state index contributed by atoms with van der Waals surface area (Å²) in [5, 5.41) is 3.07. The minimum atomic E-state index is -0.323. The van der Waals surface area contributed by atoms with Crippen molar-refractivity contribution in [3.63, 3.8) is 0 Å². The number of carbonyl (C=O) groups excluding carboxylic acids is 1. The number of halogens is 1. The van der Waals surface area contributed by atoms with Crippen LogP contribution in [0.4, 0.5) is 0 Å². The van der Waals surface area contributed by atoms with Crippen LogP contribution in [0.5, 0.6) is 0 Å². The van der Waals surface area contributed by atoms with Crippen LogP contribution < -0.4 is 5.32 Å². The van der Waals surface area contributed by atoms with E-state index >= 15 is 0 Å². The zero-order valence-electron chi connectivity index (χ0n) is 15.0. The molecule has 0 aliphatic heterocycles. The van der Waals surface area contributed by atoms with Gasteiger partial charge in [0.2, 0.25) is 0 Å². The first-order valence-corrected chi connectivity index (χ1v) is 8.79. The molecule has 0 aliphatic carbocycles. The third-order valence-electron chi connectivity index (χ3n) is 3.86. The normalized spacial score (nSPS) is 13.0. The van der Waals surface area contributed by atoms with Gasteiger partial charge in [-0.3, -0.25) is 10.1 Å². The fourth-order valence-electron chi connectivity index (χ4n) is 2.36. The molecule has 0 fully saturated rings. The van der Waals surface area contributed by atoms with Gasteiger partial charge < -0.3 is 9.64 Å². The SMILES string of the molecule is CCN(CC)CCCC(C)N=C(NC(=O)c1ccccc1Cl)OC. The molecule has 6 heteroatoms. The standard InChI is InChI=1S/C18H28ClN3O2/c1-5-22(6-2)13-9-10-14(3)20-18(24-4)21-17(23)15-11-7-8-12-16(15)19/h7-8,11-12,14H,5-6,9-10,13H2,1-4H3,(H,20,21,23). The summed E-state index contributed by atoms with van der Waals surface area (Å²) in [6.07, 6.45) is 1.99. The highest BCUT2D eigenvalue weighted by Crippen LogP contribution is 2.14. The van der Waals surface area contributed by atoms with Crippen molar-refractivity contribution >= 4 is 23.5 Å². The molecule has 24 heavy (non-hydrogen) atoms. The Morgan fingerprint density at radius 1 is 1.33 bits per heavy atom. The van der Waals surface area contributed by atoms with Crippen molar-refractivity contribution in [2.45, 2.75) is 39.7 Å². The summed E-state index contributed by atoms with van der Waals surface area (Å²) < 4.78 is 5.19. The van der Waals surface area contributed by atoms with E-state index in [0.717, 1.165) is 32.5 Å². The van der Waals surface area contributed by atoms with Gasteiger partial charge in [0, 0.05) is 0 Å². The maximum Gasteiger partial charge on any atom is 0.291 e. The van der Waals surface area contributed by atoms with Crippen LogP contribution in [0, 0.1) is 0 Å². The topological polar surface area (TPSA) is 53.9 Å². The first kappa shape index (κ1) is 20.5. The summed E-state index contributed by atoms with van der Waals surface area (Å²) in [5.74, 6) is -0.323. The van der Waals surface area contributed by atoms with E-state index in [1.807, 2.05) is 6.92 Å². The molecule has 1 rings (SSSR count). The van der Waals surface area contributed by atoms with E-state index in [0.29, 0.717) is 10.6 Å². The zero-order chi connectivity index (χ0) is 17.9. The Hall–Kier alpha value is -1.59. The van der Waals surface area contributed by atoms with Crippen molar-refractivity contribution in [3.05, 3.63) is 34.9 Å². The van der Waals surface area contributed by atoms with E-state index in [9.17, 15) is 4.79 Å². The van der Waals surface area contributed by atoms with Crippen LogP contribution >= 0.6 is 11.6 Å². The van der Waals surface area contributed by atoms with E-state index in [1.54, 1.807) is 24.3 Å². The maximum atomic E-state index is 12.2. The molecule has 1 aromatic rings. The third kappa shape index (κ3) is 6.89. The first-order valence-electron chi connectivity index (χ1n) is 8.41. The lowest BCUT2D eigenvalue weighted by molar-refractivity contribution is 0.0968. The molecule has 1 amide bonds. The highest BCUT2D eigenvalue weighted by atomic mass is 35.5. The molecule has 1 unspecified atom stereocenters. The summed E-state index contributed by atoms with van der Waals surface area (Å²) in [4.78, 5) is 19.1. The smallest absolute Gasteiger partial charge is 0.291 e. The van der Waals surface area contributed by atoms with Gasteiger partial charge in [-0.15, -0.1) is 0 Å². The van der Waals surface area contributed by atoms with Gasteiger partial charge in [-0.1, -0.05) is 37.6 Å². The molecule has 1 aromatic carbocycles. The minimum absolute atomic E-state index is 0.0713. The molecule has 0 heterocycles. The number of hydrogen-bond acceptors (Lipinski definition) is 4. The average molecular weight is 354 g/mol. The zero-order valence-corrected chi connectivity index (χ0v) is 15.8. The number of ether oxygens (including phenoxy) is 1. The van der Waals surface area contributed by atoms with Gasteiger partial charge in [0.05, 0.1) is 23.7 Å². The van der Waals surface area contributed by atoms with E-state index in [1.165, 1.54) is 7.11 Å². The maximum absolute atomic E-state index is 12.2. The van der Waals surface area contributed by atoms with Crippen LogP contribution in [0.15, 0.2) is 29.3 Å². The minimum Gasteiger partial charge on any atom is -0.468 e. The second kappa shape index (κ2) is 11.0. The number of carbonyl (C=O) groups is 1. The van der Waals surface area contributed by atoms with Gasteiger partial charge in [-0.2, -0.15) is 0 Å². The molecule has 1 atom stereocenters. The third-order valence-corrected chi connectivity index (χ3v) is 4.19. The molecule has 0 bridgehead atoms. The summed E-state index contributed by atoms with van der Waals surface area (Å²) in [6, 6.07) is 7.18. The van der Waals surface area contributed by atoms with Gasteiger partial charge in [0.15, 0.2) is 0 Å². The Morgan fingerprint density at radius 2 is 2.00 bits per heavy atom. The van der Waals surface area contributed by atoms with E-state index < -0.39 is 0 Å². The summed E-state index contributed by atoms with van der Waals surface area (Å²) in [5.41, 5.74) is 0.401. The second-order valence-corrected chi connectivity index (χ2v) is 6.00. The fourth-order valence-corrected chi connectivity index (χ4v) is 2.58. The van der Waals surface area contributed by atoms with Gasteiger partial charge in [0.1, 0.15) is 0 Å². The van der Waals surface area contributed by atoms with Crippen molar-refractivity contribution < 1.29 is 9.53 Å². The number of amides is 1. The number of nitrogens with one attached hydrogen (secondary N) is 1. The molecule has 0 aliphatic rings. The van der Waals surface area contributed by atoms with Crippen LogP contribution in [0.25, 0.3) is 0 Å². The Morgan fingerprint density at radius 3 is 2.58 bits per heavy atom. The number of amidine groups is 1. The number of aliphatic imine (C=N–C) groups is 1. The molecule has 0 saturated carbocycles. The van der Waals surface area contributed by atoms with Crippen LogP contribution in [0.2, 0.25) is 5.02 Å². The van der Waals surface area contributed by atoms with Crippen molar-refractivity contribution in [1.29, 1.82) is 0 Å². The lowest BCUT2D eigenvalue weighted by Crippen LogP contribution is -2.33. The lowest BCUT2D eigenvalue weighted by Gasteiger charge is -2.18. The Kier molecular flexibility index (Phi) is 9.42. The number of methoxy groups -OCH3 is 1. The quantitative estimate of drug-likeness (QED) is 0.574. The number of benzene rings is 1. The molecule has 5 nitrogen and oxygen atoms in total. The van der Waals surface area contributed by atoms with Gasteiger partial charge >= 0.3 is 0 Å². The number of nitrogens with zero attached hydrogens (tertiary/aromatic N) is 2. The molecule has 0 aromatic heterocycles. The predicted octanol–water partition coefficient (Wildman–Crippen LogP) is 3.58. The van der Waals surface area contributed by atoms with Crippen molar-refractivity contribution in [1.82, 2.24) is 10.2 Å². The van der Waals surface area contributed by atoms with E-state index in [4.69, 9.17) is 16.3 Å². The molecular weight excluding hydrogens is 326 g/mol. The Labute approximate surface area is 150 Å². The molecule has 1 N–H and O–H groups in total. The van der Waals surface area contributed by atoms with Gasteiger partial charge in [0.25, 0.3) is 11.9 Å². The Bertz CT molecular complexity index is 545. The van der Waals surface area contributed by atoms with Gasteiger partial charge in [-0.05, 0) is 51.5 Å². The summed E-state index contributed by atoms with van der Waals surface area (Å²) >= 11 is 6.03. The fraction of sp³-hybridized carbons (Fsp3) is 0.556. The highest BCUT2D eigenvalue weighted by molar-refractivity contribution is 6.34. The molecule has 0 saturated heterocycles. The van der Waals surface area contributed by atoms with Crippen LogP contribution in [0.3, 0.4) is 0 Å². The summed E-state index contributed by atoms with van der Waals surface area (Å²) in [7, 11) is 1.49. The second-order valence-electron chi connectivity index (χ2n) is 5.59. The van der Waals surface area contributed by atoms with Crippen molar-refractivity contribution in [3.8, 4) is 0 Å². The average Bonchev–Trinajstić information content (AvgIpc) is 2.58.